The van der Waals surface area contributed by atoms with Crippen LogP contribution >= 0.6 is 0 Å². The Bertz CT molecular complexity index is 1310. The Morgan fingerprint density at radius 2 is 1.86 bits per heavy atom. The number of carbonyl (C=O) groups excluding carboxylic acids is 1. The van der Waals surface area contributed by atoms with Gasteiger partial charge in [0, 0.05) is 54.7 Å². The number of nitrogens with one attached hydrogen (secondary N) is 1. The molecule has 2 saturated heterocycles. The van der Waals surface area contributed by atoms with Crippen molar-refractivity contribution in [3.8, 4) is 11.1 Å². The average molecular weight is 500 g/mol. The van der Waals surface area contributed by atoms with Gasteiger partial charge in [-0.25, -0.2) is 17.6 Å². The minimum atomic E-state index is -2.75. The Morgan fingerprint density at radius 3 is 2.58 bits per heavy atom. The van der Waals surface area contributed by atoms with Crippen LogP contribution < -0.4 is 10.2 Å². The van der Waals surface area contributed by atoms with Gasteiger partial charge in [-0.15, -0.1) is 0 Å². The molecule has 4 heterocycles. The van der Waals surface area contributed by atoms with E-state index in [1.807, 2.05) is 0 Å². The molecule has 6 nitrogen and oxygen atoms in total. The molecular formula is C26H24F4N4O2. The molecule has 4 aliphatic rings. The zero-order valence-corrected chi connectivity index (χ0v) is 19.3. The molecule has 7 rings (SSSR count). The molecule has 1 N–H and O–H groups in total. The normalized spacial score (nSPS) is 22.9. The number of fused-ring (bicyclic) bond motifs is 1. The van der Waals surface area contributed by atoms with Crippen LogP contribution in [0.2, 0.25) is 0 Å². The minimum Gasteiger partial charge on any atom is -0.351 e. The van der Waals surface area contributed by atoms with E-state index >= 15 is 0 Å². The van der Waals surface area contributed by atoms with Gasteiger partial charge in [-0.2, -0.15) is 0 Å². The molecule has 2 aliphatic heterocycles. The molecule has 36 heavy (non-hydrogen) atoms. The van der Waals surface area contributed by atoms with Gasteiger partial charge in [-0.1, -0.05) is 5.16 Å². The van der Waals surface area contributed by atoms with E-state index in [-0.39, 0.29) is 54.2 Å². The molecule has 3 aromatic rings. The van der Waals surface area contributed by atoms with Crippen molar-refractivity contribution in [1.29, 1.82) is 0 Å². The Balaban J connectivity index is 1.35. The number of pyridine rings is 1. The van der Waals surface area contributed by atoms with E-state index in [4.69, 9.17) is 4.52 Å². The van der Waals surface area contributed by atoms with Crippen LogP contribution in [0.1, 0.15) is 60.7 Å². The highest BCUT2D eigenvalue weighted by Gasteiger charge is 2.44. The maximum Gasteiger partial charge on any atom is 0.294 e. The maximum absolute atomic E-state index is 14.8. The number of nitrogens with zero attached hydrogens (tertiary/aromatic N) is 3. The standard InChI is InChI=1S/C26H24F4N4O2/c27-16-1-2-20(28)19(11-16)18-5-8-31-23(15-3-6-26(29,30)7-4-15)24(18)32-25(35)21-12-22(33-36-21)34-13-14-9-17(34)10-14/h1-2,5,8,11-12,14-15,17H,3-4,6-7,9-10,13H2,(H,32,35). The van der Waals surface area contributed by atoms with Gasteiger partial charge >= 0.3 is 0 Å². The third-order valence-electron chi connectivity index (χ3n) is 7.66. The predicted molar refractivity (Wildman–Crippen MR) is 124 cm³/mol. The molecule has 0 radical (unpaired) electrons. The monoisotopic (exact) mass is 500 g/mol. The smallest absolute Gasteiger partial charge is 0.294 e. The van der Waals surface area contributed by atoms with Crippen molar-refractivity contribution in [1.82, 2.24) is 10.1 Å². The number of alkyl halides is 2. The highest BCUT2D eigenvalue weighted by molar-refractivity contribution is 6.05. The summed E-state index contributed by atoms with van der Waals surface area (Å²) in [5, 5.41) is 6.81. The number of hydrogen-bond acceptors (Lipinski definition) is 5. The van der Waals surface area contributed by atoms with Crippen molar-refractivity contribution in [2.24, 2.45) is 5.92 Å². The number of amides is 1. The Morgan fingerprint density at radius 1 is 1.08 bits per heavy atom. The number of anilines is 2. The summed E-state index contributed by atoms with van der Waals surface area (Å²) < 4.78 is 61.8. The van der Waals surface area contributed by atoms with Gasteiger partial charge in [-0.3, -0.25) is 9.78 Å². The fourth-order valence-electron chi connectivity index (χ4n) is 5.66. The molecule has 10 heteroatoms. The lowest BCUT2D eigenvalue weighted by Crippen LogP contribution is -2.28. The molecule has 2 bridgehead atoms. The third kappa shape index (κ3) is 4.12. The molecule has 1 amide bonds. The van der Waals surface area contributed by atoms with Crippen LogP contribution in [0.5, 0.6) is 0 Å². The Labute approximate surface area is 204 Å². The van der Waals surface area contributed by atoms with Gasteiger partial charge in [0.05, 0.1) is 11.4 Å². The lowest BCUT2D eigenvalue weighted by molar-refractivity contribution is -0.0384. The van der Waals surface area contributed by atoms with Crippen LogP contribution in [0.15, 0.2) is 41.1 Å². The first-order valence-corrected chi connectivity index (χ1v) is 12.1. The molecular weight excluding hydrogens is 476 g/mol. The van der Waals surface area contributed by atoms with Crippen molar-refractivity contribution >= 4 is 17.4 Å². The first kappa shape index (κ1) is 23.0. The van der Waals surface area contributed by atoms with Crippen LogP contribution in [-0.2, 0) is 0 Å². The second kappa shape index (κ2) is 8.60. The van der Waals surface area contributed by atoms with Crippen molar-refractivity contribution in [2.45, 2.75) is 56.4 Å². The zero-order chi connectivity index (χ0) is 25.0. The molecule has 0 atom stereocenters. The molecule has 0 unspecified atom stereocenters. The zero-order valence-electron chi connectivity index (χ0n) is 19.3. The Hall–Kier alpha value is -3.43. The molecule has 1 aromatic carbocycles. The van der Waals surface area contributed by atoms with E-state index in [1.54, 1.807) is 6.07 Å². The first-order valence-electron chi connectivity index (χ1n) is 12.1. The maximum atomic E-state index is 14.8. The second-order valence-corrected chi connectivity index (χ2v) is 10.0. The molecule has 188 valence electrons. The van der Waals surface area contributed by atoms with Gasteiger partial charge in [0.2, 0.25) is 11.7 Å². The topological polar surface area (TPSA) is 71.3 Å². The van der Waals surface area contributed by atoms with Gasteiger partial charge in [-0.05, 0) is 55.9 Å². The van der Waals surface area contributed by atoms with Gasteiger partial charge in [0.1, 0.15) is 11.6 Å². The number of rotatable bonds is 5. The fourth-order valence-corrected chi connectivity index (χ4v) is 5.66. The number of aromatic nitrogens is 2. The molecule has 2 saturated carbocycles. The van der Waals surface area contributed by atoms with Gasteiger partial charge in [0.25, 0.3) is 5.91 Å². The largest absolute Gasteiger partial charge is 0.351 e. The molecule has 2 aromatic heterocycles. The summed E-state index contributed by atoms with van der Waals surface area (Å²) in [6, 6.07) is 6.48. The average Bonchev–Trinajstić information content (AvgIpc) is 3.56. The minimum absolute atomic E-state index is 0.0373. The van der Waals surface area contributed by atoms with Crippen molar-refractivity contribution in [3.63, 3.8) is 0 Å². The molecule has 0 spiro atoms. The summed E-state index contributed by atoms with van der Waals surface area (Å²) in [5.74, 6) is -3.90. The van der Waals surface area contributed by atoms with Crippen LogP contribution in [0.3, 0.4) is 0 Å². The van der Waals surface area contributed by atoms with Crippen LogP contribution in [-0.4, -0.2) is 34.6 Å². The number of carbonyl (C=O) groups is 1. The van der Waals surface area contributed by atoms with E-state index in [0.717, 1.165) is 37.6 Å². The van der Waals surface area contributed by atoms with E-state index in [9.17, 15) is 22.4 Å². The number of halogens is 4. The highest BCUT2D eigenvalue weighted by Crippen LogP contribution is 2.45. The second-order valence-electron chi connectivity index (χ2n) is 10.0. The molecule has 4 fully saturated rings. The van der Waals surface area contributed by atoms with E-state index < -0.39 is 23.5 Å². The number of benzene rings is 1. The van der Waals surface area contributed by atoms with Crippen molar-refractivity contribution in [3.05, 3.63) is 59.6 Å². The molecule has 2 aliphatic carbocycles. The summed E-state index contributed by atoms with van der Waals surface area (Å²) in [4.78, 5) is 19.7. The third-order valence-corrected chi connectivity index (χ3v) is 7.66. The lowest BCUT2D eigenvalue weighted by atomic mass is 9.83. The fraction of sp³-hybridized carbons (Fsp3) is 0.423. The summed E-state index contributed by atoms with van der Waals surface area (Å²) in [5.41, 5.74) is 0.664. The van der Waals surface area contributed by atoms with Gasteiger partial charge < -0.3 is 14.7 Å². The first-order chi connectivity index (χ1) is 17.3. The van der Waals surface area contributed by atoms with Crippen LogP contribution in [0.4, 0.5) is 29.1 Å². The van der Waals surface area contributed by atoms with Gasteiger partial charge in [0.15, 0.2) is 5.82 Å². The SMILES string of the molecule is O=C(Nc1c(-c2cc(F)ccc2F)ccnc1C1CCC(F)(F)CC1)c1cc(N2CC3CC2C3)no1. The Kier molecular flexibility index (Phi) is 5.49. The highest BCUT2D eigenvalue weighted by atomic mass is 19.3. The van der Waals surface area contributed by atoms with Crippen molar-refractivity contribution < 1.29 is 26.9 Å². The van der Waals surface area contributed by atoms with Crippen LogP contribution in [0.25, 0.3) is 11.1 Å². The van der Waals surface area contributed by atoms with E-state index in [0.29, 0.717) is 23.5 Å². The summed E-state index contributed by atoms with van der Waals surface area (Å²) in [6.45, 7) is 0.875. The summed E-state index contributed by atoms with van der Waals surface area (Å²) >= 11 is 0. The van der Waals surface area contributed by atoms with Crippen LogP contribution in [0, 0.1) is 17.6 Å². The summed E-state index contributed by atoms with van der Waals surface area (Å²) in [7, 11) is 0. The van der Waals surface area contributed by atoms with E-state index in [2.05, 4.69) is 20.4 Å². The van der Waals surface area contributed by atoms with Crippen molar-refractivity contribution in [2.75, 3.05) is 16.8 Å². The van der Waals surface area contributed by atoms with E-state index in [1.165, 1.54) is 12.3 Å². The number of hydrogen-bond donors (Lipinski definition) is 1. The lowest BCUT2D eigenvalue weighted by Gasteiger charge is -2.29. The predicted octanol–water partition coefficient (Wildman–Crippen LogP) is 6.16. The summed E-state index contributed by atoms with van der Waals surface area (Å²) in [6.07, 6.45) is 3.32. The quantitative estimate of drug-likeness (QED) is 0.425.